The molecule has 102 valence electrons. The van der Waals surface area contributed by atoms with Crippen molar-refractivity contribution in [2.45, 2.75) is 38.8 Å². The molecule has 2 rings (SSSR count). The Morgan fingerprint density at radius 3 is 2.83 bits per heavy atom. The van der Waals surface area contributed by atoms with Crippen LogP contribution < -0.4 is 0 Å². The zero-order valence-corrected chi connectivity index (χ0v) is 13.0. The summed E-state index contributed by atoms with van der Waals surface area (Å²) < 4.78 is 8.86. The van der Waals surface area contributed by atoms with E-state index < -0.39 is 0 Å². The molecular weight excluding hydrogens is 294 g/mol. The Kier molecular flexibility index (Phi) is 4.81. The van der Waals surface area contributed by atoms with Gasteiger partial charge in [-0.1, -0.05) is 0 Å². The maximum absolute atomic E-state index is 5.78. The third kappa shape index (κ3) is 3.33. The molecule has 0 amide bonds. The van der Waals surface area contributed by atoms with E-state index in [4.69, 9.17) is 4.74 Å². The number of hydrogen-bond acceptors (Lipinski definition) is 3. The number of aryl methyl sites for hydroxylation is 2. The Bertz CT molecular complexity index is 399. The van der Waals surface area contributed by atoms with E-state index in [0.29, 0.717) is 6.10 Å². The van der Waals surface area contributed by atoms with Crippen molar-refractivity contribution in [2.75, 3.05) is 20.2 Å². The Balaban J connectivity index is 1.91. The Morgan fingerprint density at radius 2 is 2.28 bits per heavy atom. The molecule has 0 bridgehead atoms. The summed E-state index contributed by atoms with van der Waals surface area (Å²) in [6.07, 6.45) is 4.10. The fourth-order valence-electron chi connectivity index (χ4n) is 2.47. The first kappa shape index (κ1) is 14.0. The first-order valence-electron chi connectivity index (χ1n) is 6.56. The number of rotatable bonds is 4. The predicted molar refractivity (Wildman–Crippen MR) is 75.6 cm³/mol. The quantitative estimate of drug-likeness (QED) is 0.855. The minimum atomic E-state index is 0.400. The highest BCUT2D eigenvalue weighted by molar-refractivity contribution is 9.10. The summed E-state index contributed by atoms with van der Waals surface area (Å²) in [6.45, 7) is 4.85. The lowest BCUT2D eigenvalue weighted by Gasteiger charge is -2.27. The van der Waals surface area contributed by atoms with Crippen molar-refractivity contribution in [1.29, 1.82) is 0 Å². The van der Waals surface area contributed by atoms with Gasteiger partial charge in [-0.3, -0.25) is 9.58 Å². The number of aromatic nitrogens is 2. The van der Waals surface area contributed by atoms with Crippen molar-refractivity contribution in [2.24, 2.45) is 7.05 Å². The normalized spacial score (nSPS) is 20.6. The average Bonchev–Trinajstić information content (AvgIpc) is 2.57. The summed E-state index contributed by atoms with van der Waals surface area (Å²) in [5.74, 6) is 0. The van der Waals surface area contributed by atoms with Crippen molar-refractivity contribution in [3.8, 4) is 0 Å². The van der Waals surface area contributed by atoms with Gasteiger partial charge in [0, 0.05) is 26.7 Å². The number of nitrogens with zero attached hydrogens (tertiary/aromatic N) is 3. The fourth-order valence-corrected chi connectivity index (χ4v) is 2.93. The molecule has 0 aromatic carbocycles. The summed E-state index contributed by atoms with van der Waals surface area (Å²) in [7, 11) is 4.14. The molecule has 1 atom stereocenters. The van der Waals surface area contributed by atoms with Gasteiger partial charge >= 0.3 is 0 Å². The van der Waals surface area contributed by atoms with Crippen LogP contribution in [0.1, 0.15) is 30.7 Å². The van der Waals surface area contributed by atoms with Crippen molar-refractivity contribution < 1.29 is 4.74 Å². The fraction of sp³-hybridized carbons (Fsp3) is 0.769. The lowest BCUT2D eigenvalue weighted by atomic mass is 10.1. The molecule has 0 radical (unpaired) electrons. The Labute approximate surface area is 117 Å². The second kappa shape index (κ2) is 6.17. The second-order valence-electron chi connectivity index (χ2n) is 5.16. The summed E-state index contributed by atoms with van der Waals surface area (Å²) in [5, 5.41) is 4.42. The lowest BCUT2D eigenvalue weighted by molar-refractivity contribution is -0.00291. The molecule has 0 N–H and O–H groups in total. The number of likely N-dealkylation sites (N-methyl/N-ethyl adjacent to an activating group) is 1. The van der Waals surface area contributed by atoms with E-state index in [2.05, 4.69) is 33.0 Å². The molecule has 5 heteroatoms. The summed E-state index contributed by atoms with van der Waals surface area (Å²) in [4.78, 5) is 2.32. The first-order valence-corrected chi connectivity index (χ1v) is 7.35. The van der Waals surface area contributed by atoms with Gasteiger partial charge in [-0.15, -0.1) is 0 Å². The Hall–Kier alpha value is -0.390. The second-order valence-corrected chi connectivity index (χ2v) is 5.95. The number of ether oxygens (including phenoxy) is 1. The highest BCUT2D eigenvalue weighted by Crippen LogP contribution is 2.22. The topological polar surface area (TPSA) is 30.3 Å². The molecule has 0 saturated carbocycles. The number of hydrogen-bond donors (Lipinski definition) is 0. The largest absolute Gasteiger partial charge is 0.377 e. The minimum Gasteiger partial charge on any atom is -0.377 e. The molecule has 1 saturated heterocycles. The van der Waals surface area contributed by atoms with Crippen LogP contribution in [0.5, 0.6) is 0 Å². The summed E-state index contributed by atoms with van der Waals surface area (Å²) in [6, 6.07) is 0. The van der Waals surface area contributed by atoms with E-state index in [9.17, 15) is 0 Å². The molecule has 2 heterocycles. The smallest absolute Gasteiger partial charge is 0.0739 e. The molecule has 1 aliphatic heterocycles. The molecule has 18 heavy (non-hydrogen) atoms. The van der Waals surface area contributed by atoms with Gasteiger partial charge in [0.1, 0.15) is 0 Å². The molecule has 1 fully saturated rings. The van der Waals surface area contributed by atoms with Gasteiger partial charge in [0.05, 0.1) is 22.0 Å². The molecule has 1 aromatic rings. The molecule has 1 aliphatic rings. The zero-order valence-electron chi connectivity index (χ0n) is 11.4. The van der Waals surface area contributed by atoms with Crippen molar-refractivity contribution in [3.63, 3.8) is 0 Å². The molecule has 1 unspecified atom stereocenters. The van der Waals surface area contributed by atoms with Crippen LogP contribution >= 0.6 is 15.9 Å². The van der Waals surface area contributed by atoms with Gasteiger partial charge in [0.25, 0.3) is 0 Å². The van der Waals surface area contributed by atoms with E-state index in [0.717, 1.165) is 29.9 Å². The van der Waals surface area contributed by atoms with Crippen molar-refractivity contribution >= 4 is 15.9 Å². The van der Waals surface area contributed by atoms with Gasteiger partial charge < -0.3 is 4.74 Å². The van der Waals surface area contributed by atoms with Gasteiger partial charge in [0.2, 0.25) is 0 Å². The summed E-state index contributed by atoms with van der Waals surface area (Å²) in [5.41, 5.74) is 2.28. The predicted octanol–water partition coefficient (Wildman–Crippen LogP) is 2.49. The van der Waals surface area contributed by atoms with E-state index in [-0.39, 0.29) is 0 Å². The average molecular weight is 316 g/mol. The van der Waals surface area contributed by atoms with Gasteiger partial charge in [-0.05, 0) is 49.2 Å². The third-order valence-corrected chi connectivity index (χ3v) is 4.50. The highest BCUT2D eigenvalue weighted by atomic mass is 79.9. The van der Waals surface area contributed by atoms with E-state index in [1.54, 1.807) is 0 Å². The van der Waals surface area contributed by atoms with E-state index in [1.807, 2.05) is 18.7 Å². The van der Waals surface area contributed by atoms with Crippen molar-refractivity contribution in [1.82, 2.24) is 14.7 Å². The lowest BCUT2D eigenvalue weighted by Crippen LogP contribution is -2.33. The van der Waals surface area contributed by atoms with Crippen LogP contribution in [0, 0.1) is 6.92 Å². The van der Waals surface area contributed by atoms with Crippen LogP contribution in [0.15, 0.2) is 4.47 Å². The van der Waals surface area contributed by atoms with Crippen molar-refractivity contribution in [3.05, 3.63) is 15.9 Å². The van der Waals surface area contributed by atoms with Gasteiger partial charge in [0.15, 0.2) is 0 Å². The van der Waals surface area contributed by atoms with Crippen LogP contribution in [-0.2, 0) is 18.3 Å². The maximum Gasteiger partial charge on any atom is 0.0739 e. The molecular formula is C13H22BrN3O. The third-order valence-electron chi connectivity index (χ3n) is 3.47. The summed E-state index contributed by atoms with van der Waals surface area (Å²) >= 11 is 3.61. The van der Waals surface area contributed by atoms with Crippen LogP contribution in [0.25, 0.3) is 0 Å². The van der Waals surface area contributed by atoms with Crippen LogP contribution in [-0.4, -0.2) is 41.0 Å². The van der Waals surface area contributed by atoms with Gasteiger partial charge in [-0.2, -0.15) is 5.10 Å². The Morgan fingerprint density at radius 1 is 1.50 bits per heavy atom. The van der Waals surface area contributed by atoms with Gasteiger partial charge in [-0.25, -0.2) is 0 Å². The number of halogens is 1. The monoisotopic (exact) mass is 315 g/mol. The SMILES string of the molecule is Cc1nn(C)c(CN(C)CC2CCCCO2)c1Br. The maximum atomic E-state index is 5.78. The molecule has 4 nitrogen and oxygen atoms in total. The van der Waals surface area contributed by atoms with Crippen LogP contribution in [0.3, 0.4) is 0 Å². The first-order chi connectivity index (χ1) is 8.58. The minimum absolute atomic E-state index is 0.400. The zero-order chi connectivity index (χ0) is 13.1. The highest BCUT2D eigenvalue weighted by Gasteiger charge is 2.18. The van der Waals surface area contributed by atoms with Crippen LogP contribution in [0.2, 0.25) is 0 Å². The standard InChI is InChI=1S/C13H22BrN3O/c1-10-13(14)12(17(3)15-10)9-16(2)8-11-6-4-5-7-18-11/h11H,4-9H2,1-3H3. The molecule has 1 aromatic heterocycles. The van der Waals surface area contributed by atoms with Crippen LogP contribution in [0.4, 0.5) is 0 Å². The molecule has 0 aliphatic carbocycles. The van der Waals surface area contributed by atoms with E-state index in [1.165, 1.54) is 25.0 Å². The molecule has 0 spiro atoms. The van der Waals surface area contributed by atoms with E-state index >= 15 is 0 Å².